The summed E-state index contributed by atoms with van der Waals surface area (Å²) in [5, 5.41) is 19.7. The van der Waals surface area contributed by atoms with Gasteiger partial charge in [-0.1, -0.05) is 6.08 Å². The molecule has 84 valence electrons. The van der Waals surface area contributed by atoms with E-state index in [-0.39, 0.29) is 19.4 Å². The first-order valence-electron chi connectivity index (χ1n) is 4.56. The molecule has 15 heavy (non-hydrogen) atoms. The third-order valence-electron chi connectivity index (χ3n) is 1.99. The average molecular weight is 215 g/mol. The van der Waals surface area contributed by atoms with Crippen molar-refractivity contribution in [1.29, 1.82) is 0 Å². The van der Waals surface area contributed by atoms with Gasteiger partial charge in [-0.25, -0.2) is 0 Å². The van der Waals surface area contributed by atoms with Crippen molar-refractivity contribution in [2.24, 2.45) is 0 Å². The Hall–Kier alpha value is -1.40. The average Bonchev–Trinajstić information content (AvgIpc) is 2.62. The van der Waals surface area contributed by atoms with Crippen molar-refractivity contribution in [2.75, 3.05) is 13.2 Å². The first-order valence-corrected chi connectivity index (χ1v) is 4.56. The van der Waals surface area contributed by atoms with Crippen LogP contribution in [0.25, 0.3) is 0 Å². The number of nitrogens with one attached hydrogen (secondary N) is 1. The van der Waals surface area contributed by atoms with E-state index in [0.29, 0.717) is 12.2 Å². The summed E-state index contributed by atoms with van der Waals surface area (Å²) < 4.78 is 5.10. The Labute approximate surface area is 86.5 Å². The number of ether oxygens (including phenoxy) is 1. The van der Waals surface area contributed by atoms with Crippen LogP contribution in [0.15, 0.2) is 11.6 Å². The lowest BCUT2D eigenvalue weighted by Crippen LogP contribution is -2.37. The Balaban J connectivity index is 2.32. The van der Waals surface area contributed by atoms with Crippen LogP contribution in [0.5, 0.6) is 0 Å². The number of aliphatic hydroxyl groups is 1. The molecule has 0 aromatic carbocycles. The summed E-state index contributed by atoms with van der Waals surface area (Å²) in [5.74, 6) is -1.42. The maximum Gasteiger partial charge on any atom is 0.303 e. The summed E-state index contributed by atoms with van der Waals surface area (Å²) in [6.07, 6.45) is 0.767. The first kappa shape index (κ1) is 11.7. The van der Waals surface area contributed by atoms with Crippen LogP contribution in [0.3, 0.4) is 0 Å². The van der Waals surface area contributed by atoms with Crippen LogP contribution >= 0.6 is 0 Å². The summed E-state index contributed by atoms with van der Waals surface area (Å²) in [7, 11) is 0. The highest BCUT2D eigenvalue weighted by Crippen LogP contribution is 2.11. The van der Waals surface area contributed by atoms with Gasteiger partial charge in [-0.05, 0) is 0 Å². The zero-order chi connectivity index (χ0) is 11.3. The minimum atomic E-state index is -1.02. The number of carbonyl (C=O) groups excluding carboxylic acids is 1. The molecule has 0 saturated heterocycles. The fourth-order valence-electron chi connectivity index (χ4n) is 1.19. The number of carboxylic acids is 1. The lowest BCUT2D eigenvalue weighted by atomic mass is 10.2. The van der Waals surface area contributed by atoms with Crippen molar-refractivity contribution in [2.45, 2.75) is 19.1 Å². The van der Waals surface area contributed by atoms with Gasteiger partial charge >= 0.3 is 5.97 Å². The minimum absolute atomic E-state index is 0.0894. The molecule has 6 nitrogen and oxygen atoms in total. The Morgan fingerprint density at radius 3 is 2.87 bits per heavy atom. The van der Waals surface area contributed by atoms with Crippen molar-refractivity contribution < 1.29 is 24.5 Å². The predicted molar refractivity (Wildman–Crippen MR) is 49.9 cm³/mol. The molecule has 0 spiro atoms. The van der Waals surface area contributed by atoms with Gasteiger partial charge in [0, 0.05) is 12.0 Å². The number of hydrogen-bond donors (Lipinski definition) is 3. The summed E-state index contributed by atoms with van der Waals surface area (Å²) in [4.78, 5) is 21.4. The zero-order valence-corrected chi connectivity index (χ0v) is 8.10. The van der Waals surface area contributed by atoms with E-state index in [4.69, 9.17) is 14.9 Å². The third kappa shape index (κ3) is 3.69. The summed E-state index contributed by atoms with van der Waals surface area (Å²) in [5.41, 5.74) is 0.596. The van der Waals surface area contributed by atoms with Gasteiger partial charge in [0.25, 0.3) is 0 Å². The molecule has 3 N–H and O–H groups in total. The lowest BCUT2D eigenvalue weighted by molar-refractivity contribution is -0.139. The van der Waals surface area contributed by atoms with Gasteiger partial charge in [0.1, 0.15) is 0 Å². The van der Waals surface area contributed by atoms with Crippen molar-refractivity contribution in [3.05, 3.63) is 11.6 Å². The van der Waals surface area contributed by atoms with Gasteiger partial charge in [0.2, 0.25) is 5.91 Å². The highest BCUT2D eigenvalue weighted by molar-refractivity contribution is 5.80. The van der Waals surface area contributed by atoms with Crippen LogP contribution in [0.2, 0.25) is 0 Å². The second kappa shape index (κ2) is 5.47. The van der Waals surface area contributed by atoms with Crippen molar-refractivity contribution in [3.8, 4) is 0 Å². The van der Waals surface area contributed by atoms with Gasteiger partial charge in [0.05, 0.1) is 19.6 Å². The van der Waals surface area contributed by atoms with Crippen LogP contribution in [-0.4, -0.2) is 41.5 Å². The smallest absolute Gasteiger partial charge is 0.303 e. The number of carbonyl (C=O) groups is 2. The molecule has 1 aliphatic rings. The number of hydrogen-bond acceptors (Lipinski definition) is 4. The minimum Gasteiger partial charge on any atom is -0.481 e. The van der Waals surface area contributed by atoms with Crippen LogP contribution in [0, 0.1) is 0 Å². The van der Waals surface area contributed by atoms with Crippen molar-refractivity contribution >= 4 is 11.9 Å². The summed E-state index contributed by atoms with van der Waals surface area (Å²) in [6.45, 7) is 0.170. The van der Waals surface area contributed by atoms with Crippen molar-refractivity contribution in [3.63, 3.8) is 0 Å². The monoisotopic (exact) mass is 215 g/mol. The van der Waals surface area contributed by atoms with E-state index in [9.17, 15) is 9.59 Å². The van der Waals surface area contributed by atoms with Gasteiger partial charge in [-0.3, -0.25) is 9.59 Å². The second-order valence-electron chi connectivity index (χ2n) is 3.11. The number of aliphatic hydroxyl groups excluding tert-OH is 1. The van der Waals surface area contributed by atoms with E-state index < -0.39 is 18.1 Å². The fourth-order valence-corrected chi connectivity index (χ4v) is 1.19. The van der Waals surface area contributed by atoms with Crippen LogP contribution in [0.1, 0.15) is 12.8 Å². The zero-order valence-electron chi connectivity index (χ0n) is 8.10. The van der Waals surface area contributed by atoms with E-state index in [1.165, 1.54) is 0 Å². The normalized spacial score (nSPS) is 19.8. The Morgan fingerprint density at radius 2 is 2.27 bits per heavy atom. The molecule has 1 atom stereocenters. The number of amides is 1. The van der Waals surface area contributed by atoms with E-state index in [1.807, 2.05) is 0 Å². The maximum atomic E-state index is 11.2. The number of rotatable bonds is 5. The van der Waals surface area contributed by atoms with Crippen LogP contribution < -0.4 is 5.32 Å². The molecule has 0 fully saturated rings. The maximum absolute atomic E-state index is 11.2. The number of aliphatic carboxylic acids is 1. The molecule has 0 unspecified atom stereocenters. The Morgan fingerprint density at radius 1 is 1.53 bits per heavy atom. The fraction of sp³-hybridized carbons (Fsp3) is 0.556. The van der Waals surface area contributed by atoms with Gasteiger partial charge in [-0.15, -0.1) is 0 Å². The first-order chi connectivity index (χ1) is 7.13. The van der Waals surface area contributed by atoms with Crippen molar-refractivity contribution in [1.82, 2.24) is 5.32 Å². The van der Waals surface area contributed by atoms with E-state index in [2.05, 4.69) is 5.32 Å². The summed E-state index contributed by atoms with van der Waals surface area (Å²) >= 11 is 0. The molecule has 0 aromatic heterocycles. The molecule has 1 heterocycles. The van der Waals surface area contributed by atoms with Gasteiger partial charge < -0.3 is 20.3 Å². The lowest BCUT2D eigenvalue weighted by Gasteiger charge is -2.14. The molecule has 0 aromatic rings. The molecule has 6 heteroatoms. The van der Waals surface area contributed by atoms with Crippen LogP contribution in [-0.2, 0) is 14.3 Å². The molecule has 1 rings (SSSR count). The SMILES string of the molecule is O=C(O)CCC(=O)N[C@H]1OCC=C1CO. The Bertz CT molecular complexity index is 286. The molecule has 0 radical (unpaired) electrons. The molecule has 0 saturated carbocycles. The Kier molecular flexibility index (Phi) is 4.26. The standard InChI is InChI=1S/C9H13NO5/c11-5-6-3-4-15-9(6)10-7(12)1-2-8(13)14/h3,9,11H,1-2,4-5H2,(H,10,12)(H,13,14)/t9-/m0/s1. The van der Waals surface area contributed by atoms with E-state index in [1.54, 1.807) is 6.08 Å². The van der Waals surface area contributed by atoms with Crippen LogP contribution in [0.4, 0.5) is 0 Å². The quantitative estimate of drug-likeness (QED) is 0.524. The van der Waals surface area contributed by atoms with Gasteiger partial charge in [-0.2, -0.15) is 0 Å². The highest BCUT2D eigenvalue weighted by Gasteiger charge is 2.21. The molecule has 1 aliphatic heterocycles. The van der Waals surface area contributed by atoms with E-state index >= 15 is 0 Å². The van der Waals surface area contributed by atoms with Gasteiger partial charge in [0.15, 0.2) is 6.23 Å². The summed E-state index contributed by atoms with van der Waals surface area (Å²) in [6, 6.07) is 0. The molecule has 0 aliphatic carbocycles. The molecular weight excluding hydrogens is 202 g/mol. The highest BCUT2D eigenvalue weighted by atomic mass is 16.5. The molecular formula is C9H13NO5. The number of carboxylic acid groups (broad SMARTS) is 1. The topological polar surface area (TPSA) is 95.9 Å². The predicted octanol–water partition coefficient (Wildman–Crippen LogP) is -0.758. The largest absolute Gasteiger partial charge is 0.481 e. The molecule has 0 bridgehead atoms. The third-order valence-corrected chi connectivity index (χ3v) is 1.99. The van der Waals surface area contributed by atoms with E-state index in [0.717, 1.165) is 0 Å². The molecule has 1 amide bonds. The second-order valence-corrected chi connectivity index (χ2v) is 3.11.